The molecule has 2 rings (SSSR count). The Morgan fingerprint density at radius 1 is 0.674 bits per heavy atom. The number of carboxylic acid groups (broad SMARTS) is 1. The van der Waals surface area contributed by atoms with Crippen LogP contribution in [-0.4, -0.2) is 11.1 Å². The predicted molar refractivity (Wildman–Crippen MR) is 188 cm³/mol. The van der Waals surface area contributed by atoms with E-state index in [9.17, 15) is 9.90 Å². The highest BCUT2D eigenvalue weighted by Crippen LogP contribution is 2.45. The summed E-state index contributed by atoms with van der Waals surface area (Å²) in [6.07, 6.45) is 35.2. The molecule has 0 spiro atoms. The molecule has 0 radical (unpaired) electrons. The van der Waals surface area contributed by atoms with Crippen LogP contribution in [0, 0.1) is 16.7 Å². The van der Waals surface area contributed by atoms with E-state index in [0.717, 1.165) is 17.6 Å². The molecular formula is C41H56O2. The van der Waals surface area contributed by atoms with Gasteiger partial charge in [-0.05, 0) is 90.2 Å². The summed E-state index contributed by atoms with van der Waals surface area (Å²) in [5.74, 6) is -1.04. The molecule has 2 nitrogen and oxygen atoms in total. The average molecular weight is 581 g/mol. The Morgan fingerprint density at radius 2 is 1.12 bits per heavy atom. The minimum atomic E-state index is -0.699. The van der Waals surface area contributed by atoms with Crippen molar-refractivity contribution in [2.45, 2.75) is 101 Å². The van der Waals surface area contributed by atoms with Crippen molar-refractivity contribution >= 4 is 5.97 Å². The van der Waals surface area contributed by atoms with Crippen LogP contribution in [0.15, 0.2) is 130 Å². The molecule has 2 aliphatic carbocycles. The van der Waals surface area contributed by atoms with E-state index >= 15 is 0 Å². The van der Waals surface area contributed by atoms with Gasteiger partial charge < -0.3 is 5.11 Å². The number of hydrogen-bond donors (Lipinski definition) is 1. The van der Waals surface area contributed by atoms with Gasteiger partial charge >= 0.3 is 5.97 Å². The summed E-state index contributed by atoms with van der Waals surface area (Å²) >= 11 is 0. The highest BCUT2D eigenvalue weighted by Gasteiger charge is 2.40. The second-order valence-electron chi connectivity index (χ2n) is 13.7. The third-order valence-electron chi connectivity index (χ3n) is 8.97. The molecule has 0 saturated carbocycles. The zero-order chi connectivity index (χ0) is 32.2. The van der Waals surface area contributed by atoms with E-state index in [1.165, 1.54) is 52.7 Å². The van der Waals surface area contributed by atoms with Crippen LogP contribution < -0.4 is 0 Å². The molecule has 0 saturated heterocycles. The highest BCUT2D eigenvalue weighted by molar-refractivity contribution is 5.72. The molecule has 0 aliphatic heterocycles. The molecule has 232 valence electrons. The minimum absolute atomic E-state index is 0.274. The van der Waals surface area contributed by atoms with E-state index in [2.05, 4.69) is 154 Å². The lowest BCUT2D eigenvalue weighted by Gasteiger charge is -2.38. The van der Waals surface area contributed by atoms with E-state index in [1.54, 1.807) is 0 Å². The zero-order valence-corrected chi connectivity index (χ0v) is 28.6. The lowest BCUT2D eigenvalue weighted by Crippen LogP contribution is -2.35. The van der Waals surface area contributed by atoms with Gasteiger partial charge in [-0.15, -0.1) is 0 Å². The Labute approximate surface area is 263 Å². The Bertz CT molecular complexity index is 1350. The molecule has 2 heteroatoms. The van der Waals surface area contributed by atoms with Gasteiger partial charge in [0.1, 0.15) is 0 Å². The first-order valence-electron chi connectivity index (χ1n) is 15.9. The van der Waals surface area contributed by atoms with Gasteiger partial charge in [0.15, 0.2) is 0 Å². The first-order valence-corrected chi connectivity index (χ1v) is 15.9. The van der Waals surface area contributed by atoms with Crippen LogP contribution in [0.5, 0.6) is 0 Å². The monoisotopic (exact) mass is 580 g/mol. The van der Waals surface area contributed by atoms with Gasteiger partial charge in [-0.25, -0.2) is 0 Å². The van der Waals surface area contributed by atoms with Crippen molar-refractivity contribution in [3.8, 4) is 0 Å². The molecule has 0 amide bonds. The second kappa shape index (κ2) is 16.5. The van der Waals surface area contributed by atoms with Gasteiger partial charge in [0.05, 0.1) is 5.92 Å². The molecule has 0 aromatic rings. The van der Waals surface area contributed by atoms with Crippen LogP contribution in [0.3, 0.4) is 0 Å². The first kappa shape index (κ1) is 35.8. The molecule has 1 N–H and O–H groups in total. The molecule has 2 aliphatic rings. The summed E-state index contributed by atoms with van der Waals surface area (Å²) in [7, 11) is 0. The quantitative estimate of drug-likeness (QED) is 0.247. The van der Waals surface area contributed by atoms with E-state index < -0.39 is 5.97 Å². The Kier molecular flexibility index (Phi) is 13.7. The first-order chi connectivity index (χ1) is 20.1. The lowest BCUT2D eigenvalue weighted by atomic mass is 9.65. The third-order valence-corrected chi connectivity index (χ3v) is 8.97. The fourth-order valence-corrected chi connectivity index (χ4v) is 6.16. The van der Waals surface area contributed by atoms with Crippen molar-refractivity contribution in [1.29, 1.82) is 0 Å². The molecule has 0 aromatic heterocycles. The van der Waals surface area contributed by atoms with Gasteiger partial charge in [-0.3, -0.25) is 4.79 Å². The van der Waals surface area contributed by atoms with E-state index in [-0.39, 0.29) is 16.7 Å². The normalized spacial score (nSPS) is 22.9. The summed E-state index contributed by atoms with van der Waals surface area (Å²) in [5, 5.41) is 9.66. The van der Waals surface area contributed by atoms with Crippen molar-refractivity contribution in [1.82, 2.24) is 0 Å². The van der Waals surface area contributed by atoms with E-state index in [0.29, 0.717) is 6.42 Å². The number of carboxylic acids is 1. The molecular weight excluding hydrogens is 524 g/mol. The Morgan fingerprint density at radius 3 is 1.60 bits per heavy atom. The summed E-state index contributed by atoms with van der Waals surface area (Å²) in [5.41, 5.74) is 10.1. The van der Waals surface area contributed by atoms with E-state index in [4.69, 9.17) is 0 Å². The van der Waals surface area contributed by atoms with Gasteiger partial charge in [0.2, 0.25) is 0 Å². The molecule has 0 heterocycles. The minimum Gasteiger partial charge on any atom is -0.481 e. The summed E-state index contributed by atoms with van der Waals surface area (Å²) < 4.78 is 0. The third kappa shape index (κ3) is 11.3. The van der Waals surface area contributed by atoms with Gasteiger partial charge in [0.25, 0.3) is 0 Å². The summed E-state index contributed by atoms with van der Waals surface area (Å²) in [4.78, 5) is 11.8. The second-order valence-corrected chi connectivity index (χ2v) is 13.7. The Hall–Kier alpha value is -3.39. The molecule has 43 heavy (non-hydrogen) atoms. The molecule has 0 aromatic carbocycles. The maximum Gasteiger partial charge on any atom is 0.307 e. The number of allylic oxidation sites excluding steroid dienone is 22. The largest absolute Gasteiger partial charge is 0.481 e. The van der Waals surface area contributed by atoms with Crippen molar-refractivity contribution in [2.75, 3.05) is 0 Å². The van der Waals surface area contributed by atoms with Crippen molar-refractivity contribution in [2.24, 2.45) is 16.7 Å². The van der Waals surface area contributed by atoms with Gasteiger partial charge in [-0.1, -0.05) is 146 Å². The number of hydrogen-bond acceptors (Lipinski definition) is 1. The predicted octanol–water partition coefficient (Wildman–Crippen LogP) is 11.9. The lowest BCUT2D eigenvalue weighted by molar-refractivity contribution is -0.145. The van der Waals surface area contributed by atoms with Gasteiger partial charge in [0, 0.05) is 5.41 Å². The molecule has 1 unspecified atom stereocenters. The van der Waals surface area contributed by atoms with Crippen LogP contribution in [0.1, 0.15) is 101 Å². The zero-order valence-electron chi connectivity index (χ0n) is 28.6. The Balaban J connectivity index is 1.92. The fraction of sp³-hybridized carbons (Fsp3) is 0.439. The summed E-state index contributed by atoms with van der Waals surface area (Å²) in [6, 6.07) is 0. The number of rotatable bonds is 11. The number of carbonyl (C=O) groups is 1. The standard InChI is InChI=1S/C41H56O2/c1-30(18-13-20-32(3)23-26-36-34(5)22-15-29-40(36,7)8)16-11-12-17-31(2)19-14-21-33(4)24-27-37-35(6)25-28-38(39(42)43)41(37,9)10/h11-14,16-21,23-24,26-27,38H,15,22,25,28-29H2,1-10H3,(H,42,43)/b12-11+,18-13+,19-14+,26-23+,27-24+,30-16+,31-17+,32-20+,33-21+. The maximum absolute atomic E-state index is 11.8. The van der Waals surface area contributed by atoms with Crippen LogP contribution >= 0.6 is 0 Å². The fourth-order valence-electron chi connectivity index (χ4n) is 6.16. The van der Waals surface area contributed by atoms with Crippen molar-refractivity contribution in [3.63, 3.8) is 0 Å². The molecule has 0 fully saturated rings. The highest BCUT2D eigenvalue weighted by atomic mass is 16.4. The van der Waals surface area contributed by atoms with Gasteiger partial charge in [-0.2, -0.15) is 0 Å². The topological polar surface area (TPSA) is 37.3 Å². The van der Waals surface area contributed by atoms with E-state index in [1.807, 2.05) is 0 Å². The van der Waals surface area contributed by atoms with Crippen LogP contribution in [-0.2, 0) is 4.79 Å². The molecule has 1 atom stereocenters. The molecule has 0 bridgehead atoms. The van der Waals surface area contributed by atoms with Crippen LogP contribution in [0.2, 0.25) is 0 Å². The van der Waals surface area contributed by atoms with Crippen LogP contribution in [0.25, 0.3) is 0 Å². The maximum atomic E-state index is 11.8. The summed E-state index contributed by atoms with van der Waals surface area (Å²) in [6.45, 7) is 21.7. The van der Waals surface area contributed by atoms with Crippen LogP contribution in [0.4, 0.5) is 0 Å². The smallest absolute Gasteiger partial charge is 0.307 e. The van der Waals surface area contributed by atoms with Crippen molar-refractivity contribution in [3.05, 3.63) is 130 Å². The SMILES string of the molecule is CC1=C(/C=C/C(C)=C/C=C/C(C)=C/C=C/C=C(C)/C=C/C=C(C)/C=C/C2=C(C)CCC(C(=O)O)C2(C)C)C(C)(C)CCC1. The van der Waals surface area contributed by atoms with Crippen molar-refractivity contribution < 1.29 is 9.90 Å². The average Bonchev–Trinajstić information content (AvgIpc) is 2.89. The number of aliphatic carboxylic acids is 1.